The first-order valence-corrected chi connectivity index (χ1v) is 9.86. The molecule has 1 aliphatic carbocycles. The van der Waals surface area contributed by atoms with Crippen LogP contribution in [0.5, 0.6) is 23.0 Å². The summed E-state index contributed by atoms with van der Waals surface area (Å²) in [5.41, 5.74) is 1.33. The van der Waals surface area contributed by atoms with Crippen LogP contribution >= 0.6 is 0 Å². The summed E-state index contributed by atoms with van der Waals surface area (Å²) in [6, 6.07) is 3.94. The molecule has 0 aliphatic heterocycles. The number of rotatable bonds is 6. The highest BCUT2D eigenvalue weighted by Crippen LogP contribution is 2.50. The van der Waals surface area contributed by atoms with Gasteiger partial charge in [-0.25, -0.2) is 4.79 Å². The van der Waals surface area contributed by atoms with E-state index in [9.17, 15) is 19.5 Å². The van der Waals surface area contributed by atoms with Gasteiger partial charge in [0.25, 0.3) is 0 Å². The Morgan fingerprint density at radius 1 is 0.969 bits per heavy atom. The number of fused-ring (bicyclic) bond motifs is 3. The maximum atomic E-state index is 12.9. The number of nitrogens with one attached hydrogen (secondary N) is 1. The molecule has 0 spiro atoms. The highest BCUT2D eigenvalue weighted by atomic mass is 16.5. The Kier molecular flexibility index (Phi) is 6.57. The van der Waals surface area contributed by atoms with Gasteiger partial charge < -0.3 is 29.4 Å². The Labute approximate surface area is 184 Å². The first-order chi connectivity index (χ1) is 15.3. The van der Waals surface area contributed by atoms with Crippen LogP contribution in [0.15, 0.2) is 23.0 Å². The molecule has 9 heteroatoms. The highest BCUT2D eigenvalue weighted by molar-refractivity contribution is 5.94. The monoisotopic (exact) mass is 443 g/mol. The van der Waals surface area contributed by atoms with Gasteiger partial charge in [-0.05, 0) is 47.7 Å². The number of hydrogen-bond donors (Lipinski definition) is 2. The smallest absolute Gasteiger partial charge is 0.339 e. The maximum Gasteiger partial charge on any atom is 0.339 e. The Hall–Kier alpha value is -3.75. The van der Waals surface area contributed by atoms with Gasteiger partial charge in [-0.2, -0.15) is 0 Å². The topological polar surface area (TPSA) is 120 Å². The largest absolute Gasteiger partial charge is 0.493 e. The number of ether oxygens (including phenoxy) is 4. The maximum absolute atomic E-state index is 12.9. The van der Waals surface area contributed by atoms with Crippen LogP contribution in [-0.4, -0.2) is 45.4 Å². The molecule has 1 unspecified atom stereocenters. The van der Waals surface area contributed by atoms with Gasteiger partial charge in [-0.1, -0.05) is 0 Å². The molecule has 3 rings (SSSR count). The summed E-state index contributed by atoms with van der Waals surface area (Å²) in [4.78, 5) is 36.9. The van der Waals surface area contributed by atoms with Gasteiger partial charge >= 0.3 is 5.97 Å². The number of carbonyl (C=O) groups is 2. The zero-order valence-electron chi connectivity index (χ0n) is 18.5. The molecule has 0 bridgehead atoms. The van der Waals surface area contributed by atoms with Crippen LogP contribution in [-0.2, 0) is 11.2 Å². The van der Waals surface area contributed by atoms with E-state index in [1.807, 2.05) is 0 Å². The second-order valence-electron chi connectivity index (χ2n) is 7.25. The molecular weight excluding hydrogens is 418 g/mol. The summed E-state index contributed by atoms with van der Waals surface area (Å²) >= 11 is 0. The van der Waals surface area contributed by atoms with E-state index in [4.69, 9.17) is 18.9 Å². The highest BCUT2D eigenvalue weighted by Gasteiger charge is 2.31. The molecule has 2 aromatic rings. The Balaban J connectivity index is 2.54. The van der Waals surface area contributed by atoms with Crippen LogP contribution in [0.3, 0.4) is 0 Å². The molecule has 170 valence electrons. The van der Waals surface area contributed by atoms with Gasteiger partial charge in [0.15, 0.2) is 17.2 Å². The lowest BCUT2D eigenvalue weighted by atomic mass is 9.95. The van der Waals surface area contributed by atoms with Gasteiger partial charge in [0.1, 0.15) is 5.56 Å². The third kappa shape index (κ3) is 3.93. The van der Waals surface area contributed by atoms with Crippen molar-refractivity contribution in [1.29, 1.82) is 0 Å². The Morgan fingerprint density at radius 3 is 2.16 bits per heavy atom. The lowest BCUT2D eigenvalue weighted by Crippen LogP contribution is -2.26. The lowest BCUT2D eigenvalue weighted by Gasteiger charge is -2.19. The summed E-state index contributed by atoms with van der Waals surface area (Å²) in [6.07, 6.45) is 0.968. The molecule has 32 heavy (non-hydrogen) atoms. The third-order valence-corrected chi connectivity index (χ3v) is 5.43. The van der Waals surface area contributed by atoms with Crippen molar-refractivity contribution in [3.8, 4) is 34.1 Å². The number of carboxylic acid groups (broad SMARTS) is 1. The average molecular weight is 443 g/mol. The van der Waals surface area contributed by atoms with E-state index in [1.165, 1.54) is 47.5 Å². The zero-order chi connectivity index (χ0) is 23.6. The first kappa shape index (κ1) is 22.9. The van der Waals surface area contributed by atoms with Crippen molar-refractivity contribution in [2.45, 2.75) is 25.8 Å². The van der Waals surface area contributed by atoms with Crippen LogP contribution in [0, 0.1) is 0 Å². The number of hydrogen-bond acceptors (Lipinski definition) is 7. The third-order valence-electron chi connectivity index (χ3n) is 5.43. The molecule has 0 radical (unpaired) electrons. The molecule has 0 saturated carbocycles. The summed E-state index contributed by atoms with van der Waals surface area (Å²) in [5.74, 6) is -0.787. The van der Waals surface area contributed by atoms with Crippen molar-refractivity contribution in [2.75, 3.05) is 28.4 Å². The van der Waals surface area contributed by atoms with Gasteiger partial charge in [-0.3, -0.25) is 9.59 Å². The van der Waals surface area contributed by atoms with Crippen molar-refractivity contribution in [3.63, 3.8) is 0 Å². The van der Waals surface area contributed by atoms with E-state index in [0.29, 0.717) is 46.8 Å². The van der Waals surface area contributed by atoms with Crippen LogP contribution in [0.1, 0.15) is 40.9 Å². The van der Waals surface area contributed by atoms with E-state index in [2.05, 4.69) is 5.32 Å². The first-order valence-electron chi connectivity index (χ1n) is 9.86. The summed E-state index contributed by atoms with van der Waals surface area (Å²) in [6.45, 7) is 1.38. The Bertz CT molecular complexity index is 1140. The fourth-order valence-electron chi connectivity index (χ4n) is 4.13. The lowest BCUT2D eigenvalue weighted by molar-refractivity contribution is -0.119. The number of benzene rings is 1. The van der Waals surface area contributed by atoms with E-state index in [-0.39, 0.29) is 17.2 Å². The second kappa shape index (κ2) is 9.17. The van der Waals surface area contributed by atoms with Crippen LogP contribution < -0.4 is 29.7 Å². The minimum Gasteiger partial charge on any atom is -0.493 e. The number of amides is 1. The van der Waals surface area contributed by atoms with Crippen LogP contribution in [0.2, 0.25) is 0 Å². The minimum atomic E-state index is -1.32. The minimum absolute atomic E-state index is 0.279. The molecule has 0 saturated heterocycles. The van der Waals surface area contributed by atoms with Crippen molar-refractivity contribution in [1.82, 2.24) is 5.32 Å². The van der Waals surface area contributed by atoms with Crippen molar-refractivity contribution >= 4 is 11.9 Å². The fourth-order valence-corrected chi connectivity index (χ4v) is 4.13. The molecule has 0 fully saturated rings. The molecule has 1 amide bonds. The molecule has 2 N–H and O–H groups in total. The number of aromatic carboxylic acids is 1. The number of carbonyl (C=O) groups excluding carboxylic acids is 1. The predicted molar refractivity (Wildman–Crippen MR) is 116 cm³/mol. The van der Waals surface area contributed by atoms with Gasteiger partial charge in [0.2, 0.25) is 17.1 Å². The number of aryl methyl sites for hydroxylation is 1. The molecule has 0 heterocycles. The van der Waals surface area contributed by atoms with E-state index >= 15 is 0 Å². The number of methoxy groups -OCH3 is 4. The normalized spacial score (nSPS) is 14.3. The van der Waals surface area contributed by atoms with Crippen LogP contribution in [0.25, 0.3) is 11.1 Å². The average Bonchev–Trinajstić information content (AvgIpc) is 2.98. The van der Waals surface area contributed by atoms with Crippen LogP contribution in [0.4, 0.5) is 0 Å². The van der Waals surface area contributed by atoms with Gasteiger partial charge in [0.05, 0.1) is 34.5 Å². The molecular formula is C23H25NO8. The van der Waals surface area contributed by atoms with Crippen molar-refractivity contribution in [2.24, 2.45) is 0 Å². The van der Waals surface area contributed by atoms with Crippen molar-refractivity contribution in [3.05, 3.63) is 45.1 Å². The summed E-state index contributed by atoms with van der Waals surface area (Å²) < 4.78 is 21.8. The van der Waals surface area contributed by atoms with Gasteiger partial charge in [0, 0.05) is 12.5 Å². The summed E-state index contributed by atoms with van der Waals surface area (Å²) in [5, 5.41) is 12.7. The molecule has 9 nitrogen and oxygen atoms in total. The van der Waals surface area contributed by atoms with E-state index < -0.39 is 17.4 Å². The predicted octanol–water partition coefficient (Wildman–Crippen LogP) is 2.57. The molecule has 1 aliphatic rings. The number of carboxylic acids is 1. The van der Waals surface area contributed by atoms with Gasteiger partial charge in [-0.15, -0.1) is 0 Å². The quantitative estimate of drug-likeness (QED) is 0.699. The molecule has 1 atom stereocenters. The second-order valence-corrected chi connectivity index (χ2v) is 7.25. The zero-order valence-corrected chi connectivity index (χ0v) is 18.5. The summed E-state index contributed by atoms with van der Waals surface area (Å²) in [7, 11) is 5.68. The van der Waals surface area contributed by atoms with E-state index in [1.54, 1.807) is 6.07 Å². The van der Waals surface area contributed by atoms with Crippen molar-refractivity contribution < 1.29 is 33.6 Å². The Morgan fingerprint density at radius 2 is 1.62 bits per heavy atom. The molecule has 0 aromatic heterocycles. The standard InChI is InChI=1S/C23H25NO8/c1-11(25)24-16-7-6-12-8-18(29-2)21(31-4)22(32-5)19(12)14-9-15(23(27)28)20(30-3)17(26)10-13(14)16/h8-10,16H,6-7H2,1-5H3,(H,24,25)(H,27,28). The fraction of sp³-hybridized carbons (Fsp3) is 0.348. The molecule has 2 aromatic carbocycles. The SMILES string of the molecule is COc1cc2c(c(OC)c1OC)-c1cc(C(=O)O)c(OC)c(=O)cc1C(NC(C)=O)CC2. The van der Waals surface area contributed by atoms with E-state index in [0.717, 1.165) is 5.56 Å².